The van der Waals surface area contributed by atoms with Gasteiger partial charge in [-0.3, -0.25) is 14.5 Å². The average molecular weight is 310 g/mol. The molecule has 1 saturated heterocycles. The number of amides is 2. The molecule has 0 aliphatic carbocycles. The first-order chi connectivity index (χ1) is 9.88. The van der Waals surface area contributed by atoms with Crippen molar-refractivity contribution >= 4 is 23.2 Å². The minimum Gasteiger partial charge on any atom is -0.368 e. The Balaban J connectivity index is 2.01. The number of carbonyl (C=O) groups is 2. The van der Waals surface area contributed by atoms with Crippen molar-refractivity contribution in [1.82, 2.24) is 14.8 Å². The molecule has 7 heteroatoms. The topological polar surface area (TPSA) is 79.5 Å². The smallest absolute Gasteiger partial charge is 0.236 e. The predicted molar refractivity (Wildman–Crippen MR) is 82.0 cm³/mol. The first kappa shape index (κ1) is 15.9. The molecule has 0 radical (unpaired) electrons. The third kappa shape index (κ3) is 3.79. The zero-order chi connectivity index (χ0) is 15.6. The second-order valence-corrected chi connectivity index (χ2v) is 6.69. The van der Waals surface area contributed by atoms with Crippen LogP contribution in [0.4, 0.5) is 0 Å². The normalized spacial score (nSPS) is 20.0. The average Bonchev–Trinajstić information content (AvgIpc) is 2.83. The molecule has 2 heterocycles. The van der Waals surface area contributed by atoms with E-state index in [4.69, 9.17) is 5.73 Å². The molecule has 1 fully saturated rings. The molecule has 1 unspecified atom stereocenters. The van der Waals surface area contributed by atoms with Gasteiger partial charge in [0.25, 0.3) is 0 Å². The number of piperazine rings is 1. The minimum atomic E-state index is -0.403. The highest BCUT2D eigenvalue weighted by Crippen LogP contribution is 2.15. The summed E-state index contributed by atoms with van der Waals surface area (Å²) < 4.78 is 0. The van der Waals surface area contributed by atoms with E-state index in [2.05, 4.69) is 9.88 Å². The Morgan fingerprint density at radius 1 is 1.48 bits per heavy atom. The van der Waals surface area contributed by atoms with Crippen LogP contribution in [0.1, 0.15) is 24.5 Å². The first-order valence-corrected chi connectivity index (χ1v) is 8.00. The van der Waals surface area contributed by atoms with Gasteiger partial charge >= 0.3 is 0 Å². The number of nitrogens with two attached hydrogens (primary N) is 1. The Morgan fingerprint density at radius 3 is 2.71 bits per heavy atom. The fourth-order valence-electron chi connectivity index (χ4n) is 2.65. The highest BCUT2D eigenvalue weighted by atomic mass is 32.1. The second-order valence-electron chi connectivity index (χ2n) is 5.62. The molecule has 0 saturated carbocycles. The number of thiazole rings is 1. The monoisotopic (exact) mass is 310 g/mol. The number of carbonyl (C=O) groups excluding carboxylic acids is 2. The molecular formula is C14H22N4O2S. The number of aryl methyl sites for hydroxylation is 1. The summed E-state index contributed by atoms with van der Waals surface area (Å²) in [6.45, 7) is 7.66. The van der Waals surface area contributed by atoms with Crippen molar-refractivity contribution in [3.05, 3.63) is 16.1 Å². The molecular weight excluding hydrogens is 288 g/mol. The summed E-state index contributed by atoms with van der Waals surface area (Å²) in [6, 6.07) is -0.166. The summed E-state index contributed by atoms with van der Waals surface area (Å²) in [5.74, 6) is -0.361. The molecule has 1 aromatic rings. The minimum absolute atomic E-state index is 0.00922. The fourth-order valence-corrected chi connectivity index (χ4v) is 3.26. The summed E-state index contributed by atoms with van der Waals surface area (Å²) in [6.07, 6.45) is 0.289. The molecule has 2 rings (SSSR count). The number of hydrogen-bond acceptors (Lipinski definition) is 5. The van der Waals surface area contributed by atoms with E-state index in [1.54, 1.807) is 4.90 Å². The van der Waals surface area contributed by atoms with Crippen LogP contribution < -0.4 is 5.73 Å². The van der Waals surface area contributed by atoms with Crippen LogP contribution in [0, 0.1) is 6.92 Å². The quantitative estimate of drug-likeness (QED) is 0.873. The fraction of sp³-hybridized carbons (Fsp3) is 0.643. The van der Waals surface area contributed by atoms with Crippen LogP contribution in [-0.2, 0) is 16.0 Å². The third-order valence-corrected chi connectivity index (χ3v) is 4.59. The molecule has 2 N–H and O–H groups in total. The van der Waals surface area contributed by atoms with E-state index >= 15 is 0 Å². The van der Waals surface area contributed by atoms with Gasteiger partial charge in [-0.05, 0) is 20.8 Å². The van der Waals surface area contributed by atoms with E-state index < -0.39 is 6.04 Å². The van der Waals surface area contributed by atoms with Gasteiger partial charge in [0.15, 0.2) is 0 Å². The van der Waals surface area contributed by atoms with Gasteiger partial charge in [0, 0.05) is 31.1 Å². The lowest BCUT2D eigenvalue weighted by Crippen LogP contribution is -2.61. The van der Waals surface area contributed by atoms with Crippen LogP contribution in [-0.4, -0.2) is 58.3 Å². The SMILES string of the molecule is Cc1nc(CC(=O)N2CCN(C(C)C)C(C(N)=O)C2)cs1. The summed E-state index contributed by atoms with van der Waals surface area (Å²) in [7, 11) is 0. The van der Waals surface area contributed by atoms with Crippen LogP contribution >= 0.6 is 11.3 Å². The second kappa shape index (κ2) is 6.53. The van der Waals surface area contributed by atoms with Crippen LogP contribution in [0.2, 0.25) is 0 Å². The number of aromatic nitrogens is 1. The van der Waals surface area contributed by atoms with Gasteiger partial charge in [0.2, 0.25) is 11.8 Å². The predicted octanol–water partition coefficient (Wildman–Crippen LogP) is 0.401. The Hall–Kier alpha value is -1.47. The largest absolute Gasteiger partial charge is 0.368 e. The van der Waals surface area contributed by atoms with Gasteiger partial charge in [0.1, 0.15) is 6.04 Å². The van der Waals surface area contributed by atoms with Crippen LogP contribution in [0.5, 0.6) is 0 Å². The number of rotatable bonds is 4. The van der Waals surface area contributed by atoms with E-state index in [-0.39, 0.29) is 24.3 Å². The Morgan fingerprint density at radius 2 is 2.19 bits per heavy atom. The molecule has 1 atom stereocenters. The van der Waals surface area contributed by atoms with E-state index in [0.717, 1.165) is 10.7 Å². The maximum atomic E-state index is 12.3. The van der Waals surface area contributed by atoms with Gasteiger partial charge in [-0.25, -0.2) is 4.98 Å². The van der Waals surface area contributed by atoms with Crippen LogP contribution in [0.25, 0.3) is 0 Å². The van der Waals surface area contributed by atoms with Crippen LogP contribution in [0.3, 0.4) is 0 Å². The summed E-state index contributed by atoms with van der Waals surface area (Å²) in [4.78, 5) is 32.1. The summed E-state index contributed by atoms with van der Waals surface area (Å²) in [5.41, 5.74) is 6.28. The van der Waals surface area contributed by atoms with Crippen molar-refractivity contribution in [3.8, 4) is 0 Å². The van der Waals surface area contributed by atoms with Crippen molar-refractivity contribution in [2.24, 2.45) is 5.73 Å². The Labute approximate surface area is 128 Å². The number of hydrogen-bond donors (Lipinski definition) is 1. The summed E-state index contributed by atoms with van der Waals surface area (Å²) in [5, 5.41) is 2.86. The summed E-state index contributed by atoms with van der Waals surface area (Å²) >= 11 is 1.54. The Bertz CT molecular complexity index is 529. The first-order valence-electron chi connectivity index (χ1n) is 7.12. The molecule has 1 aliphatic rings. The van der Waals surface area contributed by atoms with Gasteiger partial charge in [-0.1, -0.05) is 0 Å². The lowest BCUT2D eigenvalue weighted by atomic mass is 10.1. The highest BCUT2D eigenvalue weighted by Gasteiger charge is 2.34. The van der Waals surface area contributed by atoms with Crippen LogP contribution in [0.15, 0.2) is 5.38 Å². The molecule has 0 bridgehead atoms. The van der Waals surface area contributed by atoms with E-state index in [9.17, 15) is 9.59 Å². The van der Waals surface area contributed by atoms with Gasteiger partial charge in [0.05, 0.1) is 17.1 Å². The van der Waals surface area contributed by atoms with Crippen molar-refractivity contribution in [2.45, 2.75) is 39.3 Å². The molecule has 116 valence electrons. The van der Waals surface area contributed by atoms with Gasteiger partial charge in [-0.2, -0.15) is 0 Å². The zero-order valence-corrected chi connectivity index (χ0v) is 13.5. The lowest BCUT2D eigenvalue weighted by molar-refractivity contribution is -0.137. The molecule has 1 aliphatic heterocycles. The van der Waals surface area contributed by atoms with E-state index in [0.29, 0.717) is 19.6 Å². The molecule has 21 heavy (non-hydrogen) atoms. The maximum Gasteiger partial charge on any atom is 0.236 e. The molecule has 1 aromatic heterocycles. The zero-order valence-electron chi connectivity index (χ0n) is 12.7. The standard InChI is InChI=1S/C14H22N4O2S/c1-9(2)18-5-4-17(7-12(18)14(15)20)13(19)6-11-8-21-10(3)16-11/h8-9,12H,4-7H2,1-3H3,(H2,15,20). The number of nitrogens with zero attached hydrogens (tertiary/aromatic N) is 3. The van der Waals surface area contributed by atoms with E-state index in [1.807, 2.05) is 26.2 Å². The van der Waals surface area contributed by atoms with Gasteiger partial charge in [-0.15, -0.1) is 11.3 Å². The lowest BCUT2D eigenvalue weighted by Gasteiger charge is -2.42. The van der Waals surface area contributed by atoms with Crippen molar-refractivity contribution in [3.63, 3.8) is 0 Å². The van der Waals surface area contributed by atoms with Gasteiger partial charge < -0.3 is 10.6 Å². The van der Waals surface area contributed by atoms with Crippen molar-refractivity contribution in [1.29, 1.82) is 0 Å². The maximum absolute atomic E-state index is 12.3. The molecule has 0 spiro atoms. The highest BCUT2D eigenvalue weighted by molar-refractivity contribution is 7.09. The molecule has 0 aromatic carbocycles. The van der Waals surface area contributed by atoms with Crippen molar-refractivity contribution in [2.75, 3.05) is 19.6 Å². The molecule has 2 amide bonds. The number of primary amides is 1. The third-order valence-electron chi connectivity index (χ3n) is 3.77. The Kier molecular flexibility index (Phi) is 4.95. The van der Waals surface area contributed by atoms with E-state index in [1.165, 1.54) is 11.3 Å². The van der Waals surface area contributed by atoms with Crippen molar-refractivity contribution < 1.29 is 9.59 Å². The molecule has 6 nitrogen and oxygen atoms in total.